The van der Waals surface area contributed by atoms with Crippen molar-refractivity contribution in [3.63, 3.8) is 0 Å². The molecule has 6 nitrogen and oxygen atoms in total. The van der Waals surface area contributed by atoms with Gasteiger partial charge in [-0.25, -0.2) is 4.79 Å². The van der Waals surface area contributed by atoms with Crippen LogP contribution in [0.1, 0.15) is 20.8 Å². The van der Waals surface area contributed by atoms with Gasteiger partial charge in [-0.1, -0.05) is 0 Å². The zero-order valence-corrected chi connectivity index (χ0v) is 13.2. The second kappa shape index (κ2) is 7.85. The summed E-state index contributed by atoms with van der Waals surface area (Å²) >= 11 is 0. The highest BCUT2D eigenvalue weighted by Crippen LogP contribution is 2.15. The van der Waals surface area contributed by atoms with Gasteiger partial charge in [-0.05, 0) is 45.0 Å². The molecule has 0 saturated carbocycles. The number of methoxy groups -OCH3 is 2. The van der Waals surface area contributed by atoms with Crippen molar-refractivity contribution in [1.82, 2.24) is 0 Å². The van der Waals surface area contributed by atoms with Crippen LogP contribution in [0.25, 0.3) is 0 Å². The lowest BCUT2D eigenvalue weighted by molar-refractivity contribution is -0.0914. The molecule has 0 aliphatic heterocycles. The minimum atomic E-state index is -0.513. The number of amides is 1. The molecule has 0 unspecified atom stereocenters. The Morgan fingerprint density at radius 1 is 1.10 bits per heavy atom. The predicted octanol–water partition coefficient (Wildman–Crippen LogP) is 3.06. The molecule has 0 saturated heterocycles. The molecule has 1 rings (SSSR count). The average molecular weight is 296 g/mol. The van der Waals surface area contributed by atoms with Crippen LogP contribution in [0.15, 0.2) is 24.3 Å². The van der Waals surface area contributed by atoms with E-state index >= 15 is 0 Å². The molecule has 0 aliphatic carbocycles. The molecule has 0 heterocycles. The molecule has 0 aliphatic rings. The summed E-state index contributed by atoms with van der Waals surface area (Å²) in [7, 11) is 3.17. The number of carbonyl (C=O) groups is 1. The monoisotopic (exact) mass is 296 g/mol. The number of hydrogen-bond acceptors (Lipinski definition) is 5. The fourth-order valence-corrected chi connectivity index (χ4v) is 1.56. The largest absolute Gasteiger partial charge is 0.444 e. The minimum absolute atomic E-state index is 0.301. The molecule has 1 aromatic rings. The van der Waals surface area contributed by atoms with E-state index in [-0.39, 0.29) is 6.29 Å². The molecule has 21 heavy (non-hydrogen) atoms. The summed E-state index contributed by atoms with van der Waals surface area (Å²) in [6.45, 7) is 6.00. The van der Waals surface area contributed by atoms with Crippen molar-refractivity contribution in [2.75, 3.05) is 31.4 Å². The molecule has 0 atom stereocenters. The number of carbonyl (C=O) groups excluding carboxylic acids is 1. The van der Waals surface area contributed by atoms with Crippen molar-refractivity contribution in [3.05, 3.63) is 24.3 Å². The Labute approximate surface area is 125 Å². The van der Waals surface area contributed by atoms with E-state index in [0.717, 1.165) is 5.69 Å². The Morgan fingerprint density at radius 2 is 1.62 bits per heavy atom. The van der Waals surface area contributed by atoms with E-state index in [1.54, 1.807) is 26.4 Å². The van der Waals surface area contributed by atoms with E-state index in [2.05, 4.69) is 10.6 Å². The first-order valence-electron chi connectivity index (χ1n) is 6.73. The Hall–Kier alpha value is -1.79. The van der Waals surface area contributed by atoms with Crippen LogP contribution in [0.3, 0.4) is 0 Å². The van der Waals surface area contributed by atoms with Crippen molar-refractivity contribution < 1.29 is 19.0 Å². The molecular formula is C15H24N2O4. The van der Waals surface area contributed by atoms with Crippen LogP contribution < -0.4 is 10.6 Å². The number of rotatable bonds is 6. The maximum atomic E-state index is 11.6. The van der Waals surface area contributed by atoms with Crippen LogP contribution in [0, 0.1) is 0 Å². The van der Waals surface area contributed by atoms with Gasteiger partial charge >= 0.3 is 6.09 Å². The number of benzene rings is 1. The van der Waals surface area contributed by atoms with E-state index < -0.39 is 11.7 Å². The Kier molecular flexibility index (Phi) is 6.45. The maximum Gasteiger partial charge on any atom is 0.412 e. The number of hydrogen-bond donors (Lipinski definition) is 2. The first-order valence-corrected chi connectivity index (χ1v) is 6.73. The van der Waals surface area contributed by atoms with Crippen LogP contribution >= 0.6 is 0 Å². The molecule has 2 N–H and O–H groups in total. The highest BCUT2D eigenvalue weighted by atomic mass is 16.7. The van der Waals surface area contributed by atoms with Crippen LogP contribution in [-0.4, -0.2) is 38.7 Å². The highest BCUT2D eigenvalue weighted by molar-refractivity contribution is 5.85. The first-order chi connectivity index (χ1) is 9.84. The highest BCUT2D eigenvalue weighted by Gasteiger charge is 2.16. The molecule has 118 valence electrons. The zero-order chi connectivity index (χ0) is 15.9. The third-order valence-corrected chi connectivity index (χ3v) is 2.53. The average Bonchev–Trinajstić information content (AvgIpc) is 2.39. The quantitative estimate of drug-likeness (QED) is 0.790. The summed E-state index contributed by atoms with van der Waals surface area (Å²) in [6.07, 6.45) is -0.772. The number of anilines is 2. The minimum Gasteiger partial charge on any atom is -0.444 e. The number of ether oxygens (including phenoxy) is 3. The SMILES string of the molecule is COC(CNc1ccc(NC(=O)OC(C)(C)C)cc1)OC. The van der Waals surface area contributed by atoms with Crippen molar-refractivity contribution >= 4 is 17.5 Å². The summed E-state index contributed by atoms with van der Waals surface area (Å²) in [4.78, 5) is 11.6. The number of nitrogens with one attached hydrogen (secondary N) is 2. The zero-order valence-electron chi connectivity index (χ0n) is 13.2. The van der Waals surface area contributed by atoms with Crippen molar-refractivity contribution in [3.8, 4) is 0 Å². The van der Waals surface area contributed by atoms with Crippen LogP contribution in [-0.2, 0) is 14.2 Å². The van der Waals surface area contributed by atoms with Gasteiger partial charge in [0.05, 0.1) is 6.54 Å². The van der Waals surface area contributed by atoms with Gasteiger partial charge in [-0.15, -0.1) is 0 Å². The van der Waals surface area contributed by atoms with Gasteiger partial charge in [0, 0.05) is 25.6 Å². The molecule has 0 aromatic heterocycles. The summed E-state index contributed by atoms with van der Waals surface area (Å²) in [6, 6.07) is 7.30. The summed E-state index contributed by atoms with van der Waals surface area (Å²) in [5.74, 6) is 0. The second-order valence-corrected chi connectivity index (χ2v) is 5.49. The van der Waals surface area contributed by atoms with E-state index in [0.29, 0.717) is 12.2 Å². The molecular weight excluding hydrogens is 272 g/mol. The molecule has 1 amide bonds. The molecule has 0 spiro atoms. The Balaban J connectivity index is 2.48. The lowest BCUT2D eigenvalue weighted by Gasteiger charge is -2.19. The molecule has 0 fully saturated rings. The van der Waals surface area contributed by atoms with Crippen molar-refractivity contribution in [2.24, 2.45) is 0 Å². The summed E-state index contributed by atoms with van der Waals surface area (Å²) in [5, 5.41) is 5.85. The Morgan fingerprint density at radius 3 is 2.10 bits per heavy atom. The Bertz CT molecular complexity index is 436. The van der Waals surface area contributed by atoms with E-state index in [1.807, 2.05) is 32.9 Å². The molecule has 0 radical (unpaired) electrons. The maximum absolute atomic E-state index is 11.6. The fourth-order valence-electron chi connectivity index (χ4n) is 1.56. The third kappa shape index (κ3) is 6.97. The van der Waals surface area contributed by atoms with E-state index in [1.165, 1.54) is 0 Å². The topological polar surface area (TPSA) is 68.8 Å². The lowest BCUT2D eigenvalue weighted by atomic mass is 10.2. The molecule has 1 aromatic carbocycles. The third-order valence-electron chi connectivity index (χ3n) is 2.53. The normalized spacial score (nSPS) is 11.3. The van der Waals surface area contributed by atoms with E-state index in [9.17, 15) is 4.79 Å². The first kappa shape index (κ1) is 17.3. The van der Waals surface area contributed by atoms with Gasteiger partial charge in [-0.2, -0.15) is 0 Å². The summed E-state index contributed by atoms with van der Waals surface area (Å²) in [5.41, 5.74) is 1.06. The molecule has 0 bridgehead atoms. The van der Waals surface area contributed by atoms with Gasteiger partial charge in [0.25, 0.3) is 0 Å². The smallest absolute Gasteiger partial charge is 0.412 e. The van der Waals surface area contributed by atoms with Gasteiger partial charge in [0.2, 0.25) is 0 Å². The summed E-state index contributed by atoms with van der Waals surface area (Å²) < 4.78 is 15.4. The second-order valence-electron chi connectivity index (χ2n) is 5.49. The van der Waals surface area contributed by atoms with E-state index in [4.69, 9.17) is 14.2 Å². The fraction of sp³-hybridized carbons (Fsp3) is 0.533. The van der Waals surface area contributed by atoms with Crippen molar-refractivity contribution in [1.29, 1.82) is 0 Å². The predicted molar refractivity (Wildman–Crippen MR) is 82.6 cm³/mol. The standard InChI is InChI=1S/C15H24N2O4/c1-15(2,3)21-14(18)17-12-8-6-11(7-9-12)16-10-13(19-4)20-5/h6-9,13,16H,10H2,1-5H3,(H,17,18). The van der Waals surface area contributed by atoms with Crippen molar-refractivity contribution in [2.45, 2.75) is 32.7 Å². The lowest BCUT2D eigenvalue weighted by Crippen LogP contribution is -2.27. The van der Waals surface area contributed by atoms with Gasteiger partial charge < -0.3 is 19.5 Å². The van der Waals surface area contributed by atoms with Gasteiger partial charge in [0.15, 0.2) is 6.29 Å². The van der Waals surface area contributed by atoms with Gasteiger partial charge in [0.1, 0.15) is 5.60 Å². The van der Waals surface area contributed by atoms with Crippen LogP contribution in [0.5, 0.6) is 0 Å². The van der Waals surface area contributed by atoms with Crippen LogP contribution in [0.4, 0.5) is 16.2 Å². The van der Waals surface area contributed by atoms with Crippen LogP contribution in [0.2, 0.25) is 0 Å². The molecule has 6 heteroatoms. The van der Waals surface area contributed by atoms with Gasteiger partial charge in [-0.3, -0.25) is 5.32 Å².